The molecule has 0 spiro atoms. The van der Waals surface area contributed by atoms with Crippen LogP contribution >= 0.6 is 11.6 Å². The highest BCUT2D eigenvalue weighted by molar-refractivity contribution is 7.90. The summed E-state index contributed by atoms with van der Waals surface area (Å²) in [5.74, 6) is 0.0937. The zero-order valence-electron chi connectivity index (χ0n) is 17.6. The van der Waals surface area contributed by atoms with E-state index < -0.39 is 15.8 Å². The lowest BCUT2D eigenvalue weighted by atomic mass is 9.87. The zero-order chi connectivity index (χ0) is 22.7. The van der Waals surface area contributed by atoms with Gasteiger partial charge in [-0.2, -0.15) is 0 Å². The molecule has 1 aromatic carbocycles. The minimum atomic E-state index is -3.45. The summed E-state index contributed by atoms with van der Waals surface area (Å²) < 4.78 is 28.9. The highest BCUT2D eigenvalue weighted by Crippen LogP contribution is 2.36. The molecule has 32 heavy (non-hydrogen) atoms. The molecule has 1 atom stereocenters. The number of hydrogen-bond acceptors (Lipinski definition) is 6. The van der Waals surface area contributed by atoms with E-state index in [1.54, 1.807) is 36.9 Å². The second-order valence-corrected chi connectivity index (χ2v) is 10.6. The van der Waals surface area contributed by atoms with Crippen LogP contribution in [0.5, 0.6) is 0 Å². The molecule has 0 aliphatic heterocycles. The van der Waals surface area contributed by atoms with Gasteiger partial charge in [0, 0.05) is 11.8 Å². The van der Waals surface area contributed by atoms with Crippen molar-refractivity contribution in [2.75, 3.05) is 11.6 Å². The average molecular weight is 474 g/mol. The van der Waals surface area contributed by atoms with Gasteiger partial charge in [-0.05, 0) is 36.1 Å². The third-order valence-corrected chi connectivity index (χ3v) is 7.42. The van der Waals surface area contributed by atoms with Crippen LogP contribution in [0.1, 0.15) is 43.6 Å². The van der Waals surface area contributed by atoms with Crippen LogP contribution in [-0.2, 0) is 14.6 Å². The van der Waals surface area contributed by atoms with Crippen molar-refractivity contribution in [1.29, 1.82) is 0 Å². The Morgan fingerprint density at radius 3 is 2.59 bits per heavy atom. The zero-order valence-corrected chi connectivity index (χ0v) is 19.2. The van der Waals surface area contributed by atoms with Crippen LogP contribution in [-0.4, -0.2) is 30.5 Å². The number of anilines is 1. The number of benzene rings is 1. The molecule has 2 heterocycles. The van der Waals surface area contributed by atoms with Crippen LogP contribution in [0.3, 0.4) is 0 Å². The number of halogens is 1. The molecule has 2 aromatic heterocycles. The normalized spacial score (nSPS) is 15.6. The van der Waals surface area contributed by atoms with E-state index in [1.807, 2.05) is 0 Å². The van der Waals surface area contributed by atoms with E-state index in [0.29, 0.717) is 29.4 Å². The van der Waals surface area contributed by atoms with Gasteiger partial charge in [-0.25, -0.2) is 13.4 Å². The first-order chi connectivity index (χ1) is 15.3. The smallest absolute Gasteiger partial charge is 0.233 e. The quantitative estimate of drug-likeness (QED) is 0.512. The molecule has 1 fully saturated rings. The summed E-state index contributed by atoms with van der Waals surface area (Å²) in [6.07, 6.45) is 12.5. The number of nitrogens with zero attached hydrogens (tertiary/aromatic N) is 2. The van der Waals surface area contributed by atoms with E-state index in [1.165, 1.54) is 12.3 Å². The molecule has 1 N–H and O–H groups in total. The van der Waals surface area contributed by atoms with Crippen LogP contribution in [0.2, 0.25) is 5.02 Å². The van der Waals surface area contributed by atoms with Crippen LogP contribution in [0.4, 0.5) is 5.82 Å². The van der Waals surface area contributed by atoms with E-state index in [2.05, 4.69) is 15.3 Å². The van der Waals surface area contributed by atoms with Crippen LogP contribution < -0.4 is 5.32 Å². The third-order valence-electron chi connectivity index (χ3n) is 5.84. The van der Waals surface area contributed by atoms with Gasteiger partial charge in [-0.3, -0.25) is 9.78 Å². The molecular weight excluding hydrogens is 450 g/mol. The fourth-order valence-electron chi connectivity index (χ4n) is 4.17. The molecular formula is C23H24ClN3O4S. The van der Waals surface area contributed by atoms with Gasteiger partial charge in [0.05, 0.1) is 46.4 Å². The van der Waals surface area contributed by atoms with Crippen LogP contribution in [0.15, 0.2) is 58.5 Å². The monoisotopic (exact) mass is 473 g/mol. The standard InChI is InChI=1S/C23H24ClN3O4S/c1-32(29,30)21-7-6-16(11-19(21)24)18(10-15-4-2-3-5-15)23(28)27-22-13-25-20(12-26-22)17-8-9-31-14-17/h6-9,11-15,18H,2-5,10H2,1H3,(H,26,27,28)/t18-/m1/s1. The summed E-state index contributed by atoms with van der Waals surface area (Å²) in [6.45, 7) is 0. The summed E-state index contributed by atoms with van der Waals surface area (Å²) in [6, 6.07) is 6.52. The summed E-state index contributed by atoms with van der Waals surface area (Å²) in [7, 11) is -3.45. The minimum Gasteiger partial charge on any atom is -0.472 e. The van der Waals surface area contributed by atoms with Gasteiger partial charge in [0.25, 0.3) is 0 Å². The predicted molar refractivity (Wildman–Crippen MR) is 122 cm³/mol. The van der Waals surface area contributed by atoms with Crippen molar-refractivity contribution in [1.82, 2.24) is 9.97 Å². The molecule has 0 bridgehead atoms. The van der Waals surface area contributed by atoms with Gasteiger partial charge in [-0.1, -0.05) is 43.4 Å². The number of rotatable bonds is 7. The highest BCUT2D eigenvalue weighted by Gasteiger charge is 2.28. The van der Waals surface area contributed by atoms with Crippen LogP contribution in [0, 0.1) is 5.92 Å². The van der Waals surface area contributed by atoms with Crippen molar-refractivity contribution < 1.29 is 17.6 Å². The highest BCUT2D eigenvalue weighted by atomic mass is 35.5. The Labute approximate surface area is 192 Å². The molecule has 4 rings (SSSR count). The molecule has 9 heteroatoms. The van der Waals surface area contributed by atoms with Gasteiger partial charge in [-0.15, -0.1) is 0 Å². The van der Waals surface area contributed by atoms with Gasteiger partial charge in [0.1, 0.15) is 0 Å². The van der Waals surface area contributed by atoms with Gasteiger partial charge in [0.2, 0.25) is 5.91 Å². The van der Waals surface area contributed by atoms with Crippen molar-refractivity contribution in [2.45, 2.75) is 42.9 Å². The van der Waals surface area contributed by atoms with Crippen molar-refractivity contribution in [3.05, 3.63) is 59.8 Å². The van der Waals surface area contributed by atoms with E-state index in [4.69, 9.17) is 16.0 Å². The number of hydrogen-bond donors (Lipinski definition) is 1. The molecule has 0 unspecified atom stereocenters. The molecule has 1 aliphatic rings. The summed E-state index contributed by atoms with van der Waals surface area (Å²) in [5, 5.41) is 2.98. The number of sulfone groups is 1. The van der Waals surface area contributed by atoms with Crippen molar-refractivity contribution in [3.8, 4) is 11.3 Å². The second kappa shape index (κ2) is 9.42. The first-order valence-corrected chi connectivity index (χ1v) is 12.7. The predicted octanol–water partition coefficient (Wildman–Crippen LogP) is 5.10. The SMILES string of the molecule is CS(=O)(=O)c1ccc([C@@H](CC2CCCC2)C(=O)Nc2cnc(-c3ccoc3)cn2)cc1Cl. The Bertz CT molecular complexity index is 1190. The number of furan rings is 1. The van der Waals surface area contributed by atoms with Gasteiger partial charge < -0.3 is 9.73 Å². The lowest BCUT2D eigenvalue weighted by Gasteiger charge is -2.21. The summed E-state index contributed by atoms with van der Waals surface area (Å²) in [5.41, 5.74) is 2.13. The van der Waals surface area contributed by atoms with Crippen molar-refractivity contribution in [2.24, 2.45) is 5.92 Å². The largest absolute Gasteiger partial charge is 0.472 e. The Morgan fingerprint density at radius 1 is 1.22 bits per heavy atom. The Morgan fingerprint density at radius 2 is 2.00 bits per heavy atom. The van der Waals surface area contributed by atoms with Crippen molar-refractivity contribution in [3.63, 3.8) is 0 Å². The minimum absolute atomic E-state index is 0.0589. The van der Waals surface area contributed by atoms with E-state index in [-0.39, 0.29) is 15.8 Å². The molecule has 3 aromatic rings. The third kappa shape index (κ3) is 5.19. The maximum atomic E-state index is 13.3. The average Bonchev–Trinajstić information content (AvgIpc) is 3.46. The number of aromatic nitrogens is 2. The van der Waals surface area contributed by atoms with Crippen LogP contribution in [0.25, 0.3) is 11.3 Å². The first-order valence-electron chi connectivity index (χ1n) is 10.5. The topological polar surface area (TPSA) is 102 Å². The molecule has 1 amide bonds. The summed E-state index contributed by atoms with van der Waals surface area (Å²) in [4.78, 5) is 22.0. The number of carbonyl (C=O) groups is 1. The summed E-state index contributed by atoms with van der Waals surface area (Å²) >= 11 is 6.27. The molecule has 0 saturated heterocycles. The van der Waals surface area contributed by atoms with Crippen molar-refractivity contribution >= 4 is 33.2 Å². The number of amides is 1. The number of carbonyl (C=O) groups excluding carboxylic acids is 1. The van der Waals surface area contributed by atoms with E-state index >= 15 is 0 Å². The Kier molecular flexibility index (Phi) is 6.62. The molecule has 1 aliphatic carbocycles. The fraction of sp³-hybridized carbons (Fsp3) is 0.348. The first kappa shape index (κ1) is 22.5. The Hall–Kier alpha value is -2.71. The molecule has 7 nitrogen and oxygen atoms in total. The maximum Gasteiger partial charge on any atom is 0.233 e. The lowest BCUT2D eigenvalue weighted by Crippen LogP contribution is -2.24. The maximum absolute atomic E-state index is 13.3. The molecule has 0 radical (unpaired) electrons. The fourth-order valence-corrected chi connectivity index (χ4v) is 5.51. The molecule has 1 saturated carbocycles. The number of nitrogens with one attached hydrogen (secondary N) is 1. The second-order valence-electron chi connectivity index (χ2n) is 8.19. The van der Waals surface area contributed by atoms with E-state index in [0.717, 1.165) is 37.5 Å². The molecule has 168 valence electrons. The Balaban J connectivity index is 1.57. The lowest BCUT2D eigenvalue weighted by molar-refractivity contribution is -0.118. The van der Waals surface area contributed by atoms with E-state index in [9.17, 15) is 13.2 Å². The van der Waals surface area contributed by atoms with Gasteiger partial charge >= 0.3 is 0 Å². The van der Waals surface area contributed by atoms with Gasteiger partial charge in [0.15, 0.2) is 15.7 Å².